The van der Waals surface area contributed by atoms with Crippen LogP contribution < -0.4 is 0 Å². The summed E-state index contributed by atoms with van der Waals surface area (Å²) in [7, 11) is 0. The van der Waals surface area contributed by atoms with E-state index in [1.807, 2.05) is 72.8 Å². The van der Waals surface area contributed by atoms with Crippen molar-refractivity contribution in [1.29, 1.82) is 0 Å². The predicted octanol–water partition coefficient (Wildman–Crippen LogP) is 12.6. The van der Waals surface area contributed by atoms with Gasteiger partial charge in [-0.05, 0) is 110 Å². The molecule has 6 aromatic carbocycles. The molecule has 4 heterocycles. The van der Waals surface area contributed by atoms with E-state index < -0.39 is 0 Å². The number of rotatable bonds is 2. The molecule has 10 aromatic rings. The third-order valence-electron chi connectivity index (χ3n) is 9.48. The number of hydrogen-bond acceptors (Lipinski definition) is 4. The van der Waals surface area contributed by atoms with Crippen molar-refractivity contribution in [3.8, 4) is 23.7 Å². The smallest absolute Gasteiger partial charge is 0.181 e. The lowest BCUT2D eigenvalue weighted by atomic mass is 10.1. The van der Waals surface area contributed by atoms with Crippen molar-refractivity contribution in [1.82, 2.24) is 0 Å². The van der Waals surface area contributed by atoms with Gasteiger partial charge in [0, 0.05) is 22.3 Å². The first-order chi connectivity index (χ1) is 25.5. The molecule has 0 atom stereocenters. The van der Waals surface area contributed by atoms with Gasteiger partial charge in [-0.1, -0.05) is 83.4 Å². The Labute approximate surface area is 298 Å². The Bertz CT molecular complexity index is 2970. The van der Waals surface area contributed by atoms with Crippen LogP contribution in [0.1, 0.15) is 44.5 Å². The molecule has 0 amide bonds. The number of fused-ring (bicyclic) bond motifs is 10. The van der Waals surface area contributed by atoms with E-state index in [-0.39, 0.29) is 0 Å². The maximum Gasteiger partial charge on any atom is 0.181 e. The molecule has 0 aliphatic carbocycles. The Balaban J connectivity index is 0.949. The normalized spacial score (nSPS) is 11.7. The molecular formula is C48H28O4. The summed E-state index contributed by atoms with van der Waals surface area (Å²) in [5.41, 5.74) is 14.3. The number of furan rings is 4. The van der Waals surface area contributed by atoms with Gasteiger partial charge in [0.1, 0.15) is 22.3 Å². The highest BCUT2D eigenvalue weighted by atomic mass is 16.4. The topological polar surface area (TPSA) is 52.6 Å². The number of aryl methyl sites for hydroxylation is 2. The average molecular weight is 669 g/mol. The first-order valence-electron chi connectivity index (χ1n) is 17.1. The summed E-state index contributed by atoms with van der Waals surface area (Å²) in [5, 5.41) is 3.68. The zero-order chi connectivity index (χ0) is 34.8. The highest BCUT2D eigenvalue weighted by Crippen LogP contribution is 2.39. The van der Waals surface area contributed by atoms with Crippen LogP contribution in [-0.4, -0.2) is 0 Å². The molecule has 0 saturated heterocycles. The molecule has 0 radical (unpaired) electrons. The van der Waals surface area contributed by atoms with Crippen molar-refractivity contribution in [2.75, 3.05) is 0 Å². The molecule has 0 bridgehead atoms. The molecular weight excluding hydrogens is 641 g/mol. The van der Waals surface area contributed by atoms with Crippen molar-refractivity contribution in [3.63, 3.8) is 0 Å². The van der Waals surface area contributed by atoms with Crippen LogP contribution in [0.3, 0.4) is 0 Å². The lowest BCUT2D eigenvalue weighted by Crippen LogP contribution is -1.77. The molecule has 0 aliphatic rings. The van der Waals surface area contributed by atoms with E-state index in [1.165, 1.54) is 11.1 Å². The van der Waals surface area contributed by atoms with Crippen molar-refractivity contribution >= 4 is 78.4 Å². The minimum absolute atomic E-state index is 0.732. The zero-order valence-electron chi connectivity index (χ0n) is 28.3. The van der Waals surface area contributed by atoms with Gasteiger partial charge in [0.2, 0.25) is 0 Å². The van der Waals surface area contributed by atoms with Gasteiger partial charge in [-0.15, -0.1) is 0 Å². The van der Waals surface area contributed by atoms with Crippen LogP contribution in [0.15, 0.2) is 139 Å². The van der Waals surface area contributed by atoms with E-state index in [9.17, 15) is 0 Å². The third-order valence-corrected chi connectivity index (χ3v) is 9.48. The molecule has 244 valence electrons. The number of benzene rings is 6. The Morgan fingerprint density at radius 3 is 1.04 bits per heavy atom. The second kappa shape index (κ2) is 11.7. The minimum Gasteiger partial charge on any atom is -0.452 e. The maximum absolute atomic E-state index is 6.31. The molecule has 0 saturated carbocycles. The fourth-order valence-electron chi connectivity index (χ4n) is 6.67. The molecule has 0 aliphatic heterocycles. The Kier molecular flexibility index (Phi) is 6.71. The van der Waals surface area contributed by atoms with Gasteiger partial charge in [-0.3, -0.25) is 0 Å². The first-order valence-corrected chi connectivity index (χ1v) is 17.1. The SMILES string of the molecule is Cc1ccc(C#Cc2ccc3oc4c5cc(/C=C/c6ccc7oc8c9cc(C#Cc%10ccc(C)cc%10)ccc9oc8c7c6)ccc5oc4c3c2)cc1. The van der Waals surface area contributed by atoms with E-state index in [2.05, 4.69) is 98.2 Å². The summed E-state index contributed by atoms with van der Waals surface area (Å²) in [6.45, 7) is 4.15. The molecule has 0 fully saturated rings. The predicted molar refractivity (Wildman–Crippen MR) is 210 cm³/mol. The van der Waals surface area contributed by atoms with Gasteiger partial charge in [0.25, 0.3) is 0 Å². The highest BCUT2D eigenvalue weighted by molar-refractivity contribution is 6.14. The molecule has 4 heteroatoms. The largest absolute Gasteiger partial charge is 0.452 e. The summed E-state index contributed by atoms with van der Waals surface area (Å²) in [5.74, 6) is 13.1. The molecule has 0 N–H and O–H groups in total. The third kappa shape index (κ3) is 5.23. The summed E-state index contributed by atoms with van der Waals surface area (Å²) < 4.78 is 25.2. The second-order valence-electron chi connectivity index (χ2n) is 13.2. The van der Waals surface area contributed by atoms with E-state index in [0.717, 1.165) is 99.6 Å². The Morgan fingerprint density at radius 1 is 0.346 bits per heavy atom. The highest BCUT2D eigenvalue weighted by Gasteiger charge is 2.18. The van der Waals surface area contributed by atoms with Crippen molar-refractivity contribution < 1.29 is 17.7 Å². The quantitative estimate of drug-likeness (QED) is 0.136. The van der Waals surface area contributed by atoms with E-state index in [0.29, 0.717) is 0 Å². The zero-order valence-corrected chi connectivity index (χ0v) is 28.3. The summed E-state index contributed by atoms with van der Waals surface area (Å²) in [4.78, 5) is 0. The maximum atomic E-state index is 6.31. The summed E-state index contributed by atoms with van der Waals surface area (Å²) in [6.07, 6.45) is 4.19. The van der Waals surface area contributed by atoms with Crippen LogP contribution in [0.25, 0.3) is 78.4 Å². The average Bonchev–Trinajstić information content (AvgIpc) is 3.91. The molecule has 10 rings (SSSR count). The molecule has 0 unspecified atom stereocenters. The monoisotopic (exact) mass is 668 g/mol. The van der Waals surface area contributed by atoms with E-state index in [1.54, 1.807) is 0 Å². The summed E-state index contributed by atoms with van der Waals surface area (Å²) in [6, 6.07) is 40.7. The van der Waals surface area contributed by atoms with E-state index in [4.69, 9.17) is 17.7 Å². The fraction of sp³-hybridized carbons (Fsp3) is 0.0417. The van der Waals surface area contributed by atoms with Crippen LogP contribution >= 0.6 is 0 Å². The van der Waals surface area contributed by atoms with Crippen molar-refractivity contribution in [3.05, 3.63) is 166 Å². The Hall–Kier alpha value is -7.14. The van der Waals surface area contributed by atoms with Gasteiger partial charge in [-0.25, -0.2) is 0 Å². The lowest BCUT2D eigenvalue weighted by Gasteiger charge is -1.97. The lowest BCUT2D eigenvalue weighted by molar-refractivity contribution is 0.653. The minimum atomic E-state index is 0.732. The van der Waals surface area contributed by atoms with Gasteiger partial charge in [0.05, 0.1) is 21.5 Å². The van der Waals surface area contributed by atoms with Gasteiger partial charge in [0.15, 0.2) is 22.3 Å². The van der Waals surface area contributed by atoms with Gasteiger partial charge in [-0.2, -0.15) is 0 Å². The van der Waals surface area contributed by atoms with Gasteiger partial charge < -0.3 is 17.7 Å². The van der Waals surface area contributed by atoms with Crippen LogP contribution in [-0.2, 0) is 0 Å². The standard InChI is InChI=1S/C48H28O4/c1-29-3-7-31(8-4-29)11-13-33-17-21-41-37(25-33)45-47(49-41)39-27-35(19-23-43(39)51-45)15-16-36-20-24-44-40(28-36)48-46(52-44)38-26-34(18-22-42(38)50-48)14-12-32-9-5-30(2)6-10-32/h3-10,15-28H,1-2H3/b16-15+. The van der Waals surface area contributed by atoms with Gasteiger partial charge >= 0.3 is 0 Å². The van der Waals surface area contributed by atoms with Crippen LogP contribution in [0.2, 0.25) is 0 Å². The Morgan fingerprint density at radius 2 is 0.654 bits per heavy atom. The molecule has 4 aromatic heterocycles. The molecule has 52 heavy (non-hydrogen) atoms. The second-order valence-corrected chi connectivity index (χ2v) is 13.2. The molecule has 4 nitrogen and oxygen atoms in total. The summed E-state index contributed by atoms with van der Waals surface area (Å²) >= 11 is 0. The van der Waals surface area contributed by atoms with Crippen molar-refractivity contribution in [2.45, 2.75) is 13.8 Å². The van der Waals surface area contributed by atoms with Crippen LogP contribution in [0.5, 0.6) is 0 Å². The van der Waals surface area contributed by atoms with Crippen LogP contribution in [0, 0.1) is 37.5 Å². The van der Waals surface area contributed by atoms with Crippen molar-refractivity contribution in [2.24, 2.45) is 0 Å². The van der Waals surface area contributed by atoms with Crippen LogP contribution in [0.4, 0.5) is 0 Å². The first kappa shape index (κ1) is 29.7. The van der Waals surface area contributed by atoms with E-state index >= 15 is 0 Å². The fourth-order valence-corrected chi connectivity index (χ4v) is 6.67. The number of hydrogen-bond donors (Lipinski definition) is 0. The molecule has 0 spiro atoms.